The van der Waals surface area contributed by atoms with Crippen LogP contribution in [0.1, 0.15) is 18.5 Å². The van der Waals surface area contributed by atoms with Gasteiger partial charge in [0.1, 0.15) is 0 Å². The highest BCUT2D eigenvalue weighted by atomic mass is 35.5. The molecule has 1 atom stereocenters. The van der Waals surface area contributed by atoms with Crippen molar-refractivity contribution in [3.05, 3.63) is 33.8 Å². The lowest BCUT2D eigenvalue weighted by Gasteiger charge is -2.15. The number of rotatable bonds is 2. The van der Waals surface area contributed by atoms with Crippen molar-refractivity contribution in [3.63, 3.8) is 0 Å². The first-order valence-corrected chi connectivity index (χ1v) is 5.18. The third-order valence-corrected chi connectivity index (χ3v) is 2.47. The normalized spacial score (nSPS) is 12.2. The Kier molecular flexibility index (Phi) is 3.98. The van der Waals surface area contributed by atoms with Gasteiger partial charge in [-0.1, -0.05) is 29.3 Å². The van der Waals surface area contributed by atoms with Crippen LogP contribution in [0.5, 0.6) is 0 Å². The quantitative estimate of drug-likeness (QED) is 0.791. The number of thiocarbonyl (C=S) groups is 1. The summed E-state index contributed by atoms with van der Waals surface area (Å²) in [6, 6.07) is 5.30. The van der Waals surface area contributed by atoms with Crippen LogP contribution in [0.25, 0.3) is 0 Å². The zero-order chi connectivity index (χ0) is 10.7. The predicted octanol–water partition coefficient (Wildman–Crippen LogP) is 2.89. The molecule has 0 heterocycles. The fourth-order valence-corrected chi connectivity index (χ4v) is 1.89. The molecule has 1 unspecified atom stereocenters. The van der Waals surface area contributed by atoms with Gasteiger partial charge in [-0.05, 0) is 36.8 Å². The van der Waals surface area contributed by atoms with Crippen molar-refractivity contribution in [2.24, 2.45) is 5.73 Å². The smallest absolute Gasteiger partial charge is 0.164 e. The number of halogens is 2. The van der Waals surface area contributed by atoms with Gasteiger partial charge in [0.15, 0.2) is 5.11 Å². The lowest BCUT2D eigenvalue weighted by atomic mass is 10.1. The molecule has 0 bridgehead atoms. The van der Waals surface area contributed by atoms with Gasteiger partial charge in [-0.3, -0.25) is 0 Å². The molecule has 0 radical (unpaired) electrons. The van der Waals surface area contributed by atoms with Gasteiger partial charge in [0, 0.05) is 10.0 Å². The van der Waals surface area contributed by atoms with Crippen LogP contribution in [0.2, 0.25) is 10.0 Å². The van der Waals surface area contributed by atoms with Crippen molar-refractivity contribution in [2.75, 3.05) is 0 Å². The van der Waals surface area contributed by atoms with Crippen LogP contribution in [0.4, 0.5) is 0 Å². The summed E-state index contributed by atoms with van der Waals surface area (Å²) >= 11 is 16.5. The first-order chi connectivity index (χ1) is 6.50. The van der Waals surface area contributed by atoms with Crippen molar-refractivity contribution >= 4 is 40.5 Å². The molecule has 0 aromatic heterocycles. The number of nitrogens with one attached hydrogen (secondary N) is 1. The zero-order valence-corrected chi connectivity index (χ0v) is 9.88. The Balaban J connectivity index is 2.90. The summed E-state index contributed by atoms with van der Waals surface area (Å²) in [7, 11) is 0. The Hall–Kier alpha value is -0.510. The fourth-order valence-electron chi connectivity index (χ4n) is 1.14. The zero-order valence-electron chi connectivity index (χ0n) is 7.55. The average Bonchev–Trinajstić information content (AvgIpc) is 2.01. The van der Waals surface area contributed by atoms with Crippen LogP contribution < -0.4 is 11.1 Å². The minimum Gasteiger partial charge on any atom is -0.376 e. The van der Waals surface area contributed by atoms with Gasteiger partial charge in [0.2, 0.25) is 0 Å². The van der Waals surface area contributed by atoms with E-state index in [1.165, 1.54) is 0 Å². The summed E-state index contributed by atoms with van der Waals surface area (Å²) in [6.07, 6.45) is 0. The second-order valence-corrected chi connectivity index (χ2v) is 4.18. The van der Waals surface area contributed by atoms with Gasteiger partial charge >= 0.3 is 0 Å². The molecule has 1 aromatic carbocycles. The Morgan fingerprint density at radius 3 is 2.64 bits per heavy atom. The second-order valence-electron chi connectivity index (χ2n) is 2.90. The fraction of sp³-hybridized carbons (Fsp3) is 0.222. The maximum atomic E-state index is 6.00. The van der Waals surface area contributed by atoms with E-state index in [0.717, 1.165) is 5.56 Å². The van der Waals surface area contributed by atoms with E-state index < -0.39 is 0 Å². The van der Waals surface area contributed by atoms with E-state index >= 15 is 0 Å². The molecule has 0 spiro atoms. The third-order valence-electron chi connectivity index (χ3n) is 1.79. The maximum Gasteiger partial charge on any atom is 0.164 e. The molecule has 0 fully saturated rings. The van der Waals surface area contributed by atoms with Crippen molar-refractivity contribution in [1.82, 2.24) is 5.32 Å². The van der Waals surface area contributed by atoms with Crippen LogP contribution in [0, 0.1) is 0 Å². The van der Waals surface area contributed by atoms with Crippen molar-refractivity contribution in [1.29, 1.82) is 0 Å². The molecular formula is C9H10Cl2N2S. The molecule has 0 saturated heterocycles. The summed E-state index contributed by atoms with van der Waals surface area (Å²) in [5.41, 5.74) is 6.28. The van der Waals surface area contributed by atoms with E-state index in [9.17, 15) is 0 Å². The number of hydrogen-bond donors (Lipinski definition) is 2. The van der Waals surface area contributed by atoms with Crippen LogP contribution in [0.15, 0.2) is 18.2 Å². The molecule has 0 aliphatic rings. The Morgan fingerprint density at radius 2 is 2.14 bits per heavy atom. The van der Waals surface area contributed by atoms with Gasteiger partial charge in [-0.25, -0.2) is 0 Å². The van der Waals surface area contributed by atoms with Crippen LogP contribution >= 0.6 is 35.4 Å². The summed E-state index contributed by atoms with van der Waals surface area (Å²) in [5, 5.41) is 4.37. The molecule has 14 heavy (non-hydrogen) atoms. The number of benzene rings is 1. The summed E-state index contributed by atoms with van der Waals surface area (Å²) in [6.45, 7) is 1.92. The van der Waals surface area contributed by atoms with Crippen LogP contribution in [-0.2, 0) is 0 Å². The molecule has 0 amide bonds. The lowest BCUT2D eigenvalue weighted by molar-refractivity contribution is 0.720. The Labute approximate surface area is 98.4 Å². The van der Waals surface area contributed by atoms with Crippen molar-refractivity contribution in [2.45, 2.75) is 13.0 Å². The topological polar surface area (TPSA) is 38.0 Å². The largest absolute Gasteiger partial charge is 0.376 e. The van der Waals surface area contributed by atoms with Gasteiger partial charge in [0.25, 0.3) is 0 Å². The maximum absolute atomic E-state index is 6.00. The second kappa shape index (κ2) is 4.82. The molecule has 2 nitrogen and oxygen atoms in total. The first-order valence-electron chi connectivity index (χ1n) is 4.01. The summed E-state index contributed by atoms with van der Waals surface area (Å²) in [4.78, 5) is 0. The highest BCUT2D eigenvalue weighted by molar-refractivity contribution is 7.80. The Bertz CT molecular complexity index is 355. The Morgan fingerprint density at radius 1 is 1.50 bits per heavy atom. The molecule has 76 valence electrons. The minimum atomic E-state index is -0.0164. The minimum absolute atomic E-state index is 0.0164. The predicted molar refractivity (Wildman–Crippen MR) is 64.8 cm³/mol. The standard InChI is InChI=1S/C9H10Cl2N2S/c1-5(13-9(12)14)7-3-2-6(10)4-8(7)11/h2-5H,1H3,(H3,12,13,14). The number of nitrogens with two attached hydrogens (primary N) is 1. The van der Waals surface area contributed by atoms with E-state index in [2.05, 4.69) is 5.32 Å². The van der Waals surface area contributed by atoms with E-state index in [1.54, 1.807) is 12.1 Å². The molecule has 0 aliphatic carbocycles. The molecule has 5 heteroatoms. The highest BCUT2D eigenvalue weighted by Gasteiger charge is 2.09. The first kappa shape index (κ1) is 11.6. The van der Waals surface area contributed by atoms with Gasteiger partial charge < -0.3 is 11.1 Å². The molecule has 0 aliphatic heterocycles. The van der Waals surface area contributed by atoms with Gasteiger partial charge in [0.05, 0.1) is 6.04 Å². The van der Waals surface area contributed by atoms with Crippen molar-refractivity contribution in [3.8, 4) is 0 Å². The average molecular weight is 249 g/mol. The SMILES string of the molecule is CC(NC(N)=S)c1ccc(Cl)cc1Cl. The highest BCUT2D eigenvalue weighted by Crippen LogP contribution is 2.25. The molecule has 3 N–H and O–H groups in total. The summed E-state index contributed by atoms with van der Waals surface area (Å²) in [5.74, 6) is 0. The molecule has 0 saturated carbocycles. The van der Waals surface area contributed by atoms with Crippen LogP contribution in [-0.4, -0.2) is 5.11 Å². The third kappa shape index (κ3) is 3.01. The summed E-state index contributed by atoms with van der Waals surface area (Å²) < 4.78 is 0. The van der Waals surface area contributed by atoms with Crippen LogP contribution in [0.3, 0.4) is 0 Å². The number of hydrogen-bond acceptors (Lipinski definition) is 1. The van der Waals surface area contributed by atoms with Gasteiger partial charge in [-0.15, -0.1) is 0 Å². The monoisotopic (exact) mass is 248 g/mol. The van der Waals surface area contributed by atoms with E-state index in [1.807, 2.05) is 13.0 Å². The molecule has 1 rings (SSSR count). The molecular weight excluding hydrogens is 239 g/mol. The molecule has 1 aromatic rings. The lowest BCUT2D eigenvalue weighted by Crippen LogP contribution is -2.31. The van der Waals surface area contributed by atoms with E-state index in [0.29, 0.717) is 10.0 Å². The van der Waals surface area contributed by atoms with E-state index in [-0.39, 0.29) is 11.2 Å². The van der Waals surface area contributed by atoms with Gasteiger partial charge in [-0.2, -0.15) is 0 Å². The van der Waals surface area contributed by atoms with E-state index in [4.69, 9.17) is 41.2 Å². The van der Waals surface area contributed by atoms with Crippen molar-refractivity contribution < 1.29 is 0 Å².